The van der Waals surface area contributed by atoms with Crippen molar-refractivity contribution in [2.45, 2.75) is 17.6 Å². The Morgan fingerprint density at radius 1 is 0.971 bits per heavy atom. The minimum atomic E-state index is -3.73. The van der Waals surface area contributed by atoms with Gasteiger partial charge in [-0.3, -0.25) is 9.10 Å². The molecule has 34 heavy (non-hydrogen) atoms. The molecule has 9 heteroatoms. The van der Waals surface area contributed by atoms with Crippen LogP contribution in [0.25, 0.3) is 0 Å². The number of rotatable bonds is 10. The molecule has 0 saturated carbocycles. The maximum atomic E-state index is 12.8. The molecule has 0 aromatic heterocycles. The SMILES string of the molecule is COc1ccc(N(CC(=O)Nc2ccc(CSc3ccccc3)cc2C)S(C)(=O)=O)cc1OC. The van der Waals surface area contributed by atoms with Crippen molar-refractivity contribution in [3.63, 3.8) is 0 Å². The second-order valence-corrected chi connectivity index (χ2v) is 10.6. The number of carbonyl (C=O) groups excluding carboxylic acids is 1. The predicted molar refractivity (Wildman–Crippen MR) is 138 cm³/mol. The van der Waals surface area contributed by atoms with Crippen LogP contribution < -0.4 is 19.1 Å². The van der Waals surface area contributed by atoms with Crippen molar-refractivity contribution >= 4 is 39.1 Å². The summed E-state index contributed by atoms with van der Waals surface area (Å²) in [4.78, 5) is 14.0. The lowest BCUT2D eigenvalue weighted by Gasteiger charge is -2.23. The summed E-state index contributed by atoms with van der Waals surface area (Å²) >= 11 is 1.74. The standard InChI is InChI=1S/C25H28N2O5S2/c1-18-14-19(17-33-21-8-6-5-7-9-21)10-12-22(18)26-25(28)16-27(34(4,29)30)20-11-13-23(31-2)24(15-20)32-3/h5-15H,16-17H2,1-4H3,(H,26,28). The van der Waals surface area contributed by atoms with Gasteiger partial charge in [0.25, 0.3) is 0 Å². The minimum absolute atomic E-state index is 0.306. The second-order valence-electron chi connectivity index (χ2n) is 7.61. The Balaban J connectivity index is 1.71. The molecule has 0 saturated heterocycles. The number of benzene rings is 3. The van der Waals surface area contributed by atoms with E-state index in [1.165, 1.54) is 25.2 Å². The van der Waals surface area contributed by atoms with E-state index in [1.807, 2.05) is 43.3 Å². The number of sulfonamides is 1. The summed E-state index contributed by atoms with van der Waals surface area (Å²) in [5.74, 6) is 1.19. The summed E-state index contributed by atoms with van der Waals surface area (Å²) in [7, 11) is -0.771. The van der Waals surface area contributed by atoms with Crippen LogP contribution in [0.1, 0.15) is 11.1 Å². The summed E-state index contributed by atoms with van der Waals surface area (Å²) in [5.41, 5.74) is 2.98. The van der Waals surface area contributed by atoms with Gasteiger partial charge < -0.3 is 14.8 Å². The van der Waals surface area contributed by atoms with E-state index >= 15 is 0 Å². The first kappa shape index (κ1) is 25.5. The quantitative estimate of drug-likeness (QED) is 0.406. The normalized spacial score (nSPS) is 11.1. The molecule has 7 nitrogen and oxygen atoms in total. The lowest BCUT2D eigenvalue weighted by molar-refractivity contribution is -0.114. The maximum absolute atomic E-state index is 12.8. The van der Waals surface area contributed by atoms with Crippen molar-refractivity contribution < 1.29 is 22.7 Å². The molecule has 3 aromatic rings. The van der Waals surface area contributed by atoms with Crippen LogP contribution >= 0.6 is 11.8 Å². The van der Waals surface area contributed by atoms with E-state index in [-0.39, 0.29) is 6.54 Å². The van der Waals surface area contributed by atoms with Crippen LogP contribution in [0.5, 0.6) is 11.5 Å². The van der Waals surface area contributed by atoms with E-state index in [0.717, 1.165) is 27.4 Å². The first-order chi connectivity index (χ1) is 16.2. The fraction of sp³-hybridized carbons (Fsp3) is 0.240. The number of aryl methyl sites for hydroxylation is 1. The van der Waals surface area contributed by atoms with Gasteiger partial charge in [0.05, 0.1) is 26.2 Å². The van der Waals surface area contributed by atoms with Gasteiger partial charge in [0.2, 0.25) is 15.9 Å². The van der Waals surface area contributed by atoms with E-state index < -0.39 is 15.9 Å². The van der Waals surface area contributed by atoms with E-state index in [9.17, 15) is 13.2 Å². The number of ether oxygens (including phenoxy) is 2. The molecule has 1 N–H and O–H groups in total. The zero-order valence-corrected chi connectivity index (χ0v) is 21.2. The topological polar surface area (TPSA) is 84.9 Å². The first-order valence-electron chi connectivity index (χ1n) is 10.5. The van der Waals surface area contributed by atoms with Crippen LogP contribution in [0.15, 0.2) is 71.6 Å². The molecule has 0 aliphatic carbocycles. The lowest BCUT2D eigenvalue weighted by atomic mass is 10.1. The van der Waals surface area contributed by atoms with Crippen LogP contribution in [0.3, 0.4) is 0 Å². The molecular weight excluding hydrogens is 472 g/mol. The number of carbonyl (C=O) groups is 1. The van der Waals surface area contributed by atoms with E-state index in [1.54, 1.807) is 23.9 Å². The summed E-state index contributed by atoms with van der Waals surface area (Å²) in [5, 5.41) is 2.83. The van der Waals surface area contributed by atoms with Crippen molar-refractivity contribution in [1.29, 1.82) is 0 Å². The fourth-order valence-electron chi connectivity index (χ4n) is 3.34. The smallest absolute Gasteiger partial charge is 0.245 e. The molecule has 3 rings (SSSR count). The summed E-state index contributed by atoms with van der Waals surface area (Å²) in [6.45, 7) is 1.54. The fourth-order valence-corrected chi connectivity index (χ4v) is 5.05. The third-order valence-electron chi connectivity index (χ3n) is 5.06. The average Bonchev–Trinajstić information content (AvgIpc) is 2.82. The molecule has 0 aliphatic rings. The van der Waals surface area contributed by atoms with Crippen LogP contribution in [-0.4, -0.2) is 41.3 Å². The van der Waals surface area contributed by atoms with Crippen LogP contribution in [-0.2, 0) is 20.6 Å². The van der Waals surface area contributed by atoms with Crippen molar-refractivity contribution in [2.24, 2.45) is 0 Å². The highest BCUT2D eigenvalue weighted by atomic mass is 32.2. The molecular formula is C25H28N2O5S2. The van der Waals surface area contributed by atoms with Gasteiger partial charge in [0.15, 0.2) is 11.5 Å². The molecule has 0 atom stereocenters. The van der Waals surface area contributed by atoms with Crippen molar-refractivity contribution in [3.05, 3.63) is 77.9 Å². The molecule has 3 aromatic carbocycles. The Bertz CT molecular complexity index is 1250. The molecule has 180 valence electrons. The molecule has 0 radical (unpaired) electrons. The number of thioether (sulfide) groups is 1. The van der Waals surface area contributed by atoms with Crippen molar-refractivity contribution in [3.8, 4) is 11.5 Å². The predicted octanol–water partition coefficient (Wildman–Crippen LogP) is 4.71. The van der Waals surface area contributed by atoms with Gasteiger partial charge in [-0.05, 0) is 48.4 Å². The highest BCUT2D eigenvalue weighted by Gasteiger charge is 2.22. The monoisotopic (exact) mass is 500 g/mol. The number of amides is 1. The Morgan fingerprint density at radius 2 is 1.68 bits per heavy atom. The van der Waals surface area contributed by atoms with Crippen LogP contribution in [0, 0.1) is 6.92 Å². The average molecular weight is 501 g/mol. The summed E-state index contributed by atoms with van der Waals surface area (Å²) < 4.78 is 36.4. The third-order valence-corrected chi connectivity index (χ3v) is 7.28. The molecule has 0 heterocycles. The molecule has 0 fully saturated rings. The maximum Gasteiger partial charge on any atom is 0.245 e. The molecule has 0 unspecified atom stereocenters. The van der Waals surface area contributed by atoms with E-state index in [2.05, 4.69) is 17.4 Å². The third kappa shape index (κ3) is 6.68. The number of hydrogen-bond donors (Lipinski definition) is 1. The second kappa shape index (κ2) is 11.3. The molecule has 0 spiro atoms. The number of nitrogens with zero attached hydrogens (tertiary/aromatic N) is 1. The summed E-state index contributed by atoms with van der Waals surface area (Å²) in [6.07, 6.45) is 1.06. The van der Waals surface area contributed by atoms with Crippen molar-refractivity contribution in [1.82, 2.24) is 0 Å². The zero-order chi connectivity index (χ0) is 24.7. The Hall–Kier alpha value is -3.17. The van der Waals surface area contributed by atoms with Gasteiger partial charge in [0, 0.05) is 22.4 Å². The van der Waals surface area contributed by atoms with Crippen LogP contribution in [0.4, 0.5) is 11.4 Å². The summed E-state index contributed by atoms with van der Waals surface area (Å²) in [6, 6.07) is 20.7. The van der Waals surface area contributed by atoms with Gasteiger partial charge in [0.1, 0.15) is 6.54 Å². The minimum Gasteiger partial charge on any atom is -0.493 e. The van der Waals surface area contributed by atoms with Gasteiger partial charge in [-0.25, -0.2) is 8.42 Å². The number of hydrogen-bond acceptors (Lipinski definition) is 6. The van der Waals surface area contributed by atoms with Crippen LogP contribution in [0.2, 0.25) is 0 Å². The van der Waals surface area contributed by atoms with Gasteiger partial charge >= 0.3 is 0 Å². The highest BCUT2D eigenvalue weighted by Crippen LogP contribution is 2.32. The number of methoxy groups -OCH3 is 2. The first-order valence-corrected chi connectivity index (χ1v) is 13.3. The number of anilines is 2. The van der Waals surface area contributed by atoms with Gasteiger partial charge in [-0.2, -0.15) is 0 Å². The Labute approximate surface area is 205 Å². The molecule has 0 bridgehead atoms. The van der Waals surface area contributed by atoms with E-state index in [0.29, 0.717) is 22.9 Å². The molecule has 0 aliphatic heterocycles. The Kier molecular flexibility index (Phi) is 8.46. The van der Waals surface area contributed by atoms with Gasteiger partial charge in [-0.15, -0.1) is 11.8 Å². The van der Waals surface area contributed by atoms with E-state index in [4.69, 9.17) is 9.47 Å². The zero-order valence-electron chi connectivity index (χ0n) is 19.6. The largest absolute Gasteiger partial charge is 0.493 e. The molecule has 1 amide bonds. The van der Waals surface area contributed by atoms with Gasteiger partial charge in [-0.1, -0.05) is 30.3 Å². The number of nitrogens with one attached hydrogen (secondary N) is 1. The van der Waals surface area contributed by atoms with Crippen molar-refractivity contribution in [2.75, 3.05) is 36.6 Å². The Morgan fingerprint density at radius 3 is 2.29 bits per heavy atom. The lowest BCUT2D eigenvalue weighted by Crippen LogP contribution is -2.37. The highest BCUT2D eigenvalue weighted by molar-refractivity contribution is 7.98.